The Kier molecular flexibility index (Phi) is 5.86. The van der Waals surface area contributed by atoms with Gasteiger partial charge in [-0.3, -0.25) is 9.59 Å². The topological polar surface area (TPSA) is 87.5 Å². The van der Waals surface area contributed by atoms with Crippen molar-refractivity contribution in [2.24, 2.45) is 0 Å². The minimum atomic E-state index is -0.294. The van der Waals surface area contributed by atoms with Gasteiger partial charge in [0.1, 0.15) is 0 Å². The predicted molar refractivity (Wildman–Crippen MR) is 109 cm³/mol. The second kappa shape index (κ2) is 8.31. The number of rotatable bonds is 5. The number of benzene rings is 2. The first kappa shape index (κ1) is 19.0. The molecule has 0 atom stereocenters. The molecule has 0 saturated carbocycles. The molecule has 0 aliphatic carbocycles. The summed E-state index contributed by atoms with van der Waals surface area (Å²) in [5.74, 6) is -0.500. The van der Waals surface area contributed by atoms with Crippen LogP contribution in [-0.2, 0) is 16.0 Å². The van der Waals surface area contributed by atoms with Crippen LogP contribution in [0.4, 0.5) is 17.1 Å². The molecule has 0 radical (unpaired) electrons. The van der Waals surface area contributed by atoms with Crippen molar-refractivity contribution >= 4 is 40.5 Å². The molecule has 2 aromatic carbocycles. The number of fused-ring (bicyclic) bond motifs is 1. The van der Waals surface area contributed by atoms with E-state index < -0.39 is 0 Å². The number of amides is 2. The molecule has 4 N–H and O–H groups in total. The van der Waals surface area contributed by atoms with E-state index in [1.807, 2.05) is 30.0 Å². The van der Waals surface area contributed by atoms with Crippen LogP contribution in [0.15, 0.2) is 36.4 Å². The molecule has 2 amide bonds. The Morgan fingerprint density at radius 2 is 1.96 bits per heavy atom. The number of nitrogens with two attached hydrogens (primary N) is 1. The number of carbonyl (C=O) groups excluding carboxylic acids is 2. The second-order valence-electron chi connectivity index (χ2n) is 6.61. The van der Waals surface area contributed by atoms with Gasteiger partial charge in [-0.25, -0.2) is 0 Å². The van der Waals surface area contributed by atoms with Crippen LogP contribution in [0.25, 0.3) is 0 Å². The maximum atomic E-state index is 12.3. The first-order valence-electron chi connectivity index (χ1n) is 8.89. The minimum absolute atomic E-state index is 0.0948. The Morgan fingerprint density at radius 1 is 1.19 bits per heavy atom. The molecule has 27 heavy (non-hydrogen) atoms. The van der Waals surface area contributed by atoms with Crippen LogP contribution in [0.5, 0.6) is 0 Å². The molecule has 3 rings (SSSR count). The van der Waals surface area contributed by atoms with Crippen LogP contribution < -0.4 is 21.3 Å². The standard InChI is InChI=1S/C20H23ClN4O2/c1-13-15(21)6-2-8-17(13)24-19(26)11-23-20(27)12-25-10-4-5-14-16(22)7-3-9-18(14)25/h2-3,6-9H,4-5,10-12,22H2,1H3,(H,23,27)(H,24,26). The highest BCUT2D eigenvalue weighted by Crippen LogP contribution is 2.30. The van der Waals surface area contributed by atoms with Crippen molar-refractivity contribution in [3.8, 4) is 0 Å². The van der Waals surface area contributed by atoms with Crippen molar-refractivity contribution in [2.45, 2.75) is 19.8 Å². The van der Waals surface area contributed by atoms with Crippen molar-refractivity contribution in [1.29, 1.82) is 0 Å². The zero-order chi connectivity index (χ0) is 19.4. The van der Waals surface area contributed by atoms with Gasteiger partial charge in [0.25, 0.3) is 0 Å². The lowest BCUT2D eigenvalue weighted by atomic mass is 10.00. The van der Waals surface area contributed by atoms with Crippen LogP contribution in [-0.4, -0.2) is 31.4 Å². The molecule has 2 aromatic rings. The van der Waals surface area contributed by atoms with Crippen molar-refractivity contribution in [3.05, 3.63) is 52.5 Å². The minimum Gasteiger partial charge on any atom is -0.398 e. The van der Waals surface area contributed by atoms with Crippen molar-refractivity contribution in [1.82, 2.24) is 5.32 Å². The number of anilines is 3. The van der Waals surface area contributed by atoms with E-state index in [0.29, 0.717) is 10.7 Å². The zero-order valence-corrected chi connectivity index (χ0v) is 16.0. The van der Waals surface area contributed by atoms with Gasteiger partial charge in [-0.15, -0.1) is 0 Å². The molecule has 1 aliphatic rings. The number of nitrogens with zero attached hydrogens (tertiary/aromatic N) is 1. The Balaban J connectivity index is 1.54. The van der Waals surface area contributed by atoms with Gasteiger partial charge in [0, 0.05) is 28.6 Å². The molecule has 1 heterocycles. The van der Waals surface area contributed by atoms with Gasteiger partial charge in [-0.2, -0.15) is 0 Å². The molecular formula is C20H23ClN4O2. The summed E-state index contributed by atoms with van der Waals surface area (Å²) in [7, 11) is 0. The maximum Gasteiger partial charge on any atom is 0.243 e. The Hall–Kier alpha value is -2.73. The average molecular weight is 387 g/mol. The van der Waals surface area contributed by atoms with E-state index in [1.54, 1.807) is 18.2 Å². The van der Waals surface area contributed by atoms with E-state index >= 15 is 0 Å². The Bertz CT molecular complexity index is 869. The van der Waals surface area contributed by atoms with Crippen LogP contribution in [0, 0.1) is 6.92 Å². The summed E-state index contributed by atoms with van der Waals surface area (Å²) in [6.07, 6.45) is 1.87. The summed E-state index contributed by atoms with van der Waals surface area (Å²) in [5.41, 5.74) is 10.3. The van der Waals surface area contributed by atoms with E-state index in [1.165, 1.54) is 0 Å². The van der Waals surface area contributed by atoms with E-state index in [9.17, 15) is 9.59 Å². The molecule has 0 unspecified atom stereocenters. The largest absolute Gasteiger partial charge is 0.398 e. The lowest BCUT2D eigenvalue weighted by Gasteiger charge is -2.31. The van der Waals surface area contributed by atoms with Crippen LogP contribution >= 0.6 is 11.6 Å². The summed E-state index contributed by atoms with van der Waals surface area (Å²) < 4.78 is 0. The third-order valence-electron chi connectivity index (χ3n) is 4.71. The summed E-state index contributed by atoms with van der Waals surface area (Å²) >= 11 is 6.05. The highest BCUT2D eigenvalue weighted by molar-refractivity contribution is 6.31. The fourth-order valence-corrected chi connectivity index (χ4v) is 3.41. The summed E-state index contributed by atoms with van der Waals surface area (Å²) in [5, 5.41) is 6.02. The molecule has 1 aliphatic heterocycles. The molecule has 0 aromatic heterocycles. The molecule has 142 valence electrons. The molecule has 7 heteroatoms. The van der Waals surface area contributed by atoms with E-state index in [0.717, 1.165) is 41.9 Å². The number of nitrogens with one attached hydrogen (secondary N) is 2. The summed E-state index contributed by atoms with van der Waals surface area (Å²) in [6, 6.07) is 11.1. The van der Waals surface area contributed by atoms with Crippen molar-refractivity contribution in [3.63, 3.8) is 0 Å². The fraction of sp³-hybridized carbons (Fsp3) is 0.300. The second-order valence-corrected chi connectivity index (χ2v) is 7.01. The Morgan fingerprint density at radius 3 is 2.78 bits per heavy atom. The van der Waals surface area contributed by atoms with Gasteiger partial charge in [0.2, 0.25) is 11.8 Å². The fourth-order valence-electron chi connectivity index (χ4n) is 3.24. The van der Waals surface area contributed by atoms with Gasteiger partial charge < -0.3 is 21.3 Å². The molecule has 0 spiro atoms. The smallest absolute Gasteiger partial charge is 0.243 e. The van der Waals surface area contributed by atoms with Crippen molar-refractivity contribution in [2.75, 3.05) is 35.6 Å². The van der Waals surface area contributed by atoms with Crippen LogP contribution in [0.2, 0.25) is 5.02 Å². The molecule has 0 bridgehead atoms. The normalized spacial score (nSPS) is 13.0. The monoisotopic (exact) mass is 386 g/mol. The van der Waals surface area contributed by atoms with Gasteiger partial charge in [0.15, 0.2) is 0 Å². The number of carbonyl (C=O) groups is 2. The average Bonchev–Trinajstić information content (AvgIpc) is 2.65. The molecular weight excluding hydrogens is 364 g/mol. The SMILES string of the molecule is Cc1c(Cl)cccc1NC(=O)CNC(=O)CN1CCCc2c(N)cccc21. The summed E-state index contributed by atoms with van der Waals surface area (Å²) in [4.78, 5) is 26.4. The lowest BCUT2D eigenvalue weighted by molar-refractivity contribution is -0.123. The molecule has 6 nitrogen and oxygen atoms in total. The first-order valence-corrected chi connectivity index (χ1v) is 9.27. The lowest BCUT2D eigenvalue weighted by Crippen LogP contribution is -2.42. The van der Waals surface area contributed by atoms with Gasteiger partial charge >= 0.3 is 0 Å². The zero-order valence-electron chi connectivity index (χ0n) is 15.2. The quantitative estimate of drug-likeness (QED) is 0.689. The molecule has 0 fully saturated rings. The number of halogens is 1. The van der Waals surface area contributed by atoms with E-state index in [2.05, 4.69) is 10.6 Å². The third kappa shape index (κ3) is 4.52. The Labute approximate surface area is 163 Å². The summed E-state index contributed by atoms with van der Waals surface area (Å²) in [6.45, 7) is 2.72. The van der Waals surface area contributed by atoms with Crippen LogP contribution in [0.1, 0.15) is 17.5 Å². The van der Waals surface area contributed by atoms with Crippen LogP contribution in [0.3, 0.4) is 0 Å². The predicted octanol–water partition coefficient (Wildman–Crippen LogP) is 2.74. The van der Waals surface area contributed by atoms with E-state index in [4.69, 9.17) is 17.3 Å². The number of hydrogen-bond donors (Lipinski definition) is 3. The third-order valence-corrected chi connectivity index (χ3v) is 5.11. The number of hydrogen-bond acceptors (Lipinski definition) is 4. The highest BCUT2D eigenvalue weighted by atomic mass is 35.5. The first-order chi connectivity index (χ1) is 13.0. The highest BCUT2D eigenvalue weighted by Gasteiger charge is 2.20. The van der Waals surface area contributed by atoms with Crippen molar-refractivity contribution < 1.29 is 9.59 Å². The number of nitrogen functional groups attached to an aromatic ring is 1. The van der Waals surface area contributed by atoms with Gasteiger partial charge in [-0.05, 0) is 55.2 Å². The van der Waals surface area contributed by atoms with E-state index in [-0.39, 0.29) is 24.9 Å². The van der Waals surface area contributed by atoms with Gasteiger partial charge in [0.05, 0.1) is 13.1 Å². The molecule has 0 saturated heterocycles. The maximum absolute atomic E-state index is 12.3. The van der Waals surface area contributed by atoms with Gasteiger partial charge in [-0.1, -0.05) is 23.7 Å².